The average molecular weight is 380 g/mol. The van der Waals surface area contributed by atoms with Crippen LogP contribution in [0.2, 0.25) is 0 Å². The van der Waals surface area contributed by atoms with Gasteiger partial charge in [-0.3, -0.25) is 0 Å². The van der Waals surface area contributed by atoms with E-state index < -0.39 is 12.0 Å². The summed E-state index contributed by atoms with van der Waals surface area (Å²) in [4.78, 5) is 22.7. The molecular formula is C19H20N6O3. The lowest BCUT2D eigenvalue weighted by Gasteiger charge is -2.25. The minimum absolute atomic E-state index is 0.116. The number of aromatic amines is 1. The van der Waals surface area contributed by atoms with Gasteiger partial charge >= 0.3 is 5.97 Å². The van der Waals surface area contributed by atoms with Crippen LogP contribution in [-0.4, -0.2) is 42.8 Å². The predicted molar refractivity (Wildman–Crippen MR) is 103 cm³/mol. The van der Waals surface area contributed by atoms with Crippen LogP contribution >= 0.6 is 0 Å². The van der Waals surface area contributed by atoms with E-state index in [2.05, 4.69) is 25.9 Å². The van der Waals surface area contributed by atoms with Crippen molar-refractivity contribution in [3.05, 3.63) is 59.0 Å². The highest BCUT2D eigenvalue weighted by molar-refractivity contribution is 5.80. The molecule has 1 aromatic heterocycles. The average Bonchev–Trinajstić information content (AvgIpc) is 3.22. The molecule has 0 saturated carbocycles. The molecular weight excluding hydrogens is 360 g/mol. The Bertz CT molecular complexity index is 941. The lowest BCUT2D eigenvalue weighted by Crippen LogP contribution is -2.41. The molecule has 0 bridgehead atoms. The van der Waals surface area contributed by atoms with Gasteiger partial charge in [0.15, 0.2) is 0 Å². The fraction of sp³-hybridized carbons (Fsp3) is 0.263. The molecule has 0 fully saturated rings. The van der Waals surface area contributed by atoms with Gasteiger partial charge in [0.05, 0.1) is 11.8 Å². The molecule has 0 saturated heterocycles. The number of carboxylic acid groups (broad SMARTS) is 1. The Morgan fingerprint density at radius 2 is 1.82 bits per heavy atom. The molecule has 0 spiro atoms. The molecule has 28 heavy (non-hydrogen) atoms. The molecule has 3 rings (SSSR count). The molecule has 3 aromatic rings. The van der Waals surface area contributed by atoms with Crippen molar-refractivity contribution in [2.24, 2.45) is 11.2 Å². The van der Waals surface area contributed by atoms with Crippen molar-refractivity contribution in [2.75, 3.05) is 0 Å². The quantitative estimate of drug-likeness (QED) is 0.454. The van der Waals surface area contributed by atoms with Gasteiger partial charge in [0.2, 0.25) is 5.82 Å². The number of carboxylic acids is 1. The van der Waals surface area contributed by atoms with Gasteiger partial charge in [-0.1, -0.05) is 62.4 Å². The van der Waals surface area contributed by atoms with Crippen molar-refractivity contribution >= 4 is 5.97 Å². The number of rotatable bonds is 8. The van der Waals surface area contributed by atoms with Crippen LogP contribution in [0.15, 0.2) is 53.8 Å². The zero-order valence-corrected chi connectivity index (χ0v) is 15.5. The van der Waals surface area contributed by atoms with Gasteiger partial charge in [0.25, 0.3) is 0 Å². The summed E-state index contributed by atoms with van der Waals surface area (Å²) in [6.45, 7) is 3.61. The van der Waals surface area contributed by atoms with Gasteiger partial charge in [0.1, 0.15) is 6.04 Å². The Kier molecular flexibility index (Phi) is 5.73. The van der Waals surface area contributed by atoms with Crippen LogP contribution in [0.25, 0.3) is 22.5 Å². The third-order valence-electron chi connectivity index (χ3n) is 4.43. The molecule has 0 radical (unpaired) electrons. The Balaban J connectivity index is 1.85. The first-order valence-corrected chi connectivity index (χ1v) is 8.76. The zero-order chi connectivity index (χ0) is 20.1. The fourth-order valence-corrected chi connectivity index (χ4v) is 3.12. The van der Waals surface area contributed by atoms with Crippen LogP contribution in [0.4, 0.5) is 0 Å². The number of nitroso groups, excluding NO2 is 1. The lowest BCUT2D eigenvalue weighted by atomic mass is 9.98. The number of nitrogens with zero attached hydrogens (tertiary/aromatic N) is 5. The van der Waals surface area contributed by atoms with E-state index in [0.717, 1.165) is 27.3 Å². The van der Waals surface area contributed by atoms with Crippen LogP contribution in [-0.2, 0) is 11.3 Å². The van der Waals surface area contributed by atoms with Crippen molar-refractivity contribution in [2.45, 2.75) is 26.4 Å². The molecule has 1 heterocycles. The van der Waals surface area contributed by atoms with E-state index in [4.69, 9.17) is 0 Å². The molecule has 2 aromatic carbocycles. The molecule has 2 N–H and O–H groups in total. The first-order chi connectivity index (χ1) is 13.5. The minimum Gasteiger partial charge on any atom is -0.480 e. The van der Waals surface area contributed by atoms with E-state index in [0.29, 0.717) is 5.82 Å². The standard InChI is InChI=1S/C19H20N6O3/c1-12(2)17(19(26)27)25(24-28)11-13-7-9-14(10-8-13)15-5-3-4-6-16(15)18-20-22-23-21-18/h3-10,12,17H,11H2,1-2H3,(H,26,27)(H,20,21,22,23). The second-order valence-corrected chi connectivity index (χ2v) is 6.68. The largest absolute Gasteiger partial charge is 0.480 e. The van der Waals surface area contributed by atoms with Gasteiger partial charge in [-0.15, -0.1) is 15.1 Å². The third kappa shape index (κ3) is 4.03. The minimum atomic E-state index is -1.07. The monoisotopic (exact) mass is 380 g/mol. The number of H-pyrrole nitrogens is 1. The molecule has 0 aliphatic heterocycles. The third-order valence-corrected chi connectivity index (χ3v) is 4.43. The van der Waals surface area contributed by atoms with Crippen molar-refractivity contribution < 1.29 is 9.90 Å². The van der Waals surface area contributed by atoms with Crippen molar-refractivity contribution in [3.8, 4) is 22.5 Å². The number of hydrogen-bond acceptors (Lipinski definition) is 6. The van der Waals surface area contributed by atoms with E-state index >= 15 is 0 Å². The first-order valence-electron chi connectivity index (χ1n) is 8.76. The number of aliphatic carboxylic acids is 1. The Morgan fingerprint density at radius 1 is 1.14 bits per heavy atom. The summed E-state index contributed by atoms with van der Waals surface area (Å²) in [7, 11) is 0. The van der Waals surface area contributed by atoms with Crippen LogP contribution in [0.3, 0.4) is 0 Å². The second kappa shape index (κ2) is 8.38. The number of nitrogens with one attached hydrogen (secondary N) is 1. The summed E-state index contributed by atoms with van der Waals surface area (Å²) in [5.41, 5.74) is 3.50. The normalized spacial score (nSPS) is 12.0. The molecule has 9 heteroatoms. The fourth-order valence-electron chi connectivity index (χ4n) is 3.12. The SMILES string of the molecule is CC(C)C(C(=O)O)N(Cc1ccc(-c2ccccc2-c2nn[nH]n2)cc1)N=O. The van der Waals surface area contributed by atoms with Crippen molar-refractivity contribution in [1.82, 2.24) is 25.6 Å². The highest BCUT2D eigenvalue weighted by Crippen LogP contribution is 2.30. The Morgan fingerprint density at radius 3 is 2.36 bits per heavy atom. The van der Waals surface area contributed by atoms with Crippen molar-refractivity contribution in [1.29, 1.82) is 0 Å². The van der Waals surface area contributed by atoms with Crippen molar-refractivity contribution in [3.63, 3.8) is 0 Å². The van der Waals surface area contributed by atoms with Gasteiger partial charge in [-0.05, 0) is 27.8 Å². The smallest absolute Gasteiger partial charge is 0.328 e. The molecule has 1 unspecified atom stereocenters. The molecule has 9 nitrogen and oxygen atoms in total. The number of aromatic nitrogens is 4. The Hall–Kier alpha value is -3.62. The van der Waals surface area contributed by atoms with Gasteiger partial charge in [-0.2, -0.15) is 5.21 Å². The Labute approximate surface area is 161 Å². The lowest BCUT2D eigenvalue weighted by molar-refractivity contribution is -0.145. The topological polar surface area (TPSA) is 124 Å². The maximum atomic E-state index is 11.5. The van der Waals surface area contributed by atoms with E-state index in [-0.39, 0.29) is 12.5 Å². The summed E-state index contributed by atoms with van der Waals surface area (Å²) in [5, 5.41) is 27.5. The van der Waals surface area contributed by atoms with Gasteiger partial charge in [-0.25, -0.2) is 9.80 Å². The summed E-state index contributed by atoms with van der Waals surface area (Å²) in [5.74, 6) is -0.825. The summed E-state index contributed by atoms with van der Waals surface area (Å²) < 4.78 is 0. The maximum absolute atomic E-state index is 11.5. The molecule has 0 aliphatic carbocycles. The summed E-state index contributed by atoms with van der Waals surface area (Å²) in [6, 6.07) is 14.2. The van der Waals surface area contributed by atoms with E-state index in [1.165, 1.54) is 0 Å². The molecule has 1 atom stereocenters. The zero-order valence-electron chi connectivity index (χ0n) is 15.5. The molecule has 0 amide bonds. The van der Waals surface area contributed by atoms with E-state index in [1.807, 2.05) is 48.5 Å². The number of benzene rings is 2. The first kappa shape index (κ1) is 19.2. The summed E-state index contributed by atoms with van der Waals surface area (Å²) >= 11 is 0. The number of hydrogen-bond donors (Lipinski definition) is 2. The van der Waals surface area contributed by atoms with Crippen LogP contribution in [0.5, 0.6) is 0 Å². The summed E-state index contributed by atoms with van der Waals surface area (Å²) in [6.07, 6.45) is 0. The highest BCUT2D eigenvalue weighted by atomic mass is 16.4. The number of tetrazole rings is 1. The maximum Gasteiger partial charge on any atom is 0.328 e. The second-order valence-electron chi connectivity index (χ2n) is 6.68. The van der Waals surface area contributed by atoms with E-state index in [1.54, 1.807) is 13.8 Å². The molecule has 0 aliphatic rings. The van der Waals surface area contributed by atoms with Gasteiger partial charge in [0, 0.05) is 5.56 Å². The van der Waals surface area contributed by atoms with Crippen LogP contribution in [0, 0.1) is 10.8 Å². The van der Waals surface area contributed by atoms with Crippen LogP contribution < -0.4 is 0 Å². The number of carbonyl (C=O) groups is 1. The highest BCUT2D eigenvalue weighted by Gasteiger charge is 2.29. The predicted octanol–water partition coefficient (Wildman–Crippen LogP) is 3.13. The van der Waals surface area contributed by atoms with E-state index in [9.17, 15) is 14.8 Å². The molecule has 144 valence electrons. The van der Waals surface area contributed by atoms with Gasteiger partial charge < -0.3 is 5.11 Å². The van der Waals surface area contributed by atoms with Crippen LogP contribution in [0.1, 0.15) is 19.4 Å².